The topological polar surface area (TPSA) is 110 Å². The first-order chi connectivity index (χ1) is 38.9. The quantitative estimate of drug-likeness (QED) is 0.0214. The molecule has 0 bridgehead atoms. The van der Waals surface area contributed by atoms with Crippen molar-refractivity contribution in [3.05, 3.63) is 56.8 Å². The molecule has 2 atom stereocenters. The molecule has 9 nitrogen and oxygen atoms in total. The second kappa shape index (κ2) is 32.2. The molecule has 0 spiro atoms. The molecule has 5 aromatic heterocycles. The van der Waals surface area contributed by atoms with Gasteiger partial charge in [0.2, 0.25) is 0 Å². The second-order valence-electron chi connectivity index (χ2n) is 22.4. The van der Waals surface area contributed by atoms with Crippen molar-refractivity contribution >= 4 is 87.1 Å². The number of nitrogens with zero attached hydrogens (tertiary/aromatic N) is 2. The van der Waals surface area contributed by atoms with E-state index in [2.05, 4.69) is 70.9 Å². The van der Waals surface area contributed by atoms with Crippen LogP contribution in [0.25, 0.3) is 51.4 Å². The van der Waals surface area contributed by atoms with Crippen LogP contribution in [-0.2, 0) is 31.8 Å². The number of carbonyl (C=O) groups excluding carboxylic acids is 2. The summed E-state index contributed by atoms with van der Waals surface area (Å²) in [6, 6.07) is 11.2. The van der Waals surface area contributed by atoms with Crippen LogP contribution in [0.4, 0.5) is 18.4 Å². The molecule has 0 saturated carbocycles. The second-order valence-corrected chi connectivity index (χ2v) is 31.1. The molecule has 0 amide bonds. The third-order valence-corrected chi connectivity index (χ3v) is 27.0. The van der Waals surface area contributed by atoms with Crippen molar-refractivity contribution in [1.29, 1.82) is 0 Å². The van der Waals surface area contributed by atoms with Crippen molar-refractivity contribution in [2.24, 2.45) is 11.8 Å². The lowest BCUT2D eigenvalue weighted by Crippen LogP contribution is -2.56. The van der Waals surface area contributed by atoms with Crippen LogP contribution in [-0.4, -0.2) is 57.1 Å². The molecule has 0 saturated heterocycles. The normalized spacial score (nSPS) is 14.7. The molecule has 0 aliphatic carbocycles. The summed E-state index contributed by atoms with van der Waals surface area (Å²) in [5.41, 5.74) is 1.92. The highest BCUT2D eigenvalue weighted by molar-refractivity contribution is 7.32. The lowest BCUT2D eigenvalue weighted by Gasteiger charge is -2.35. The van der Waals surface area contributed by atoms with Crippen LogP contribution in [0.5, 0.6) is 0 Å². The van der Waals surface area contributed by atoms with E-state index in [1.54, 1.807) is 11.3 Å². The van der Waals surface area contributed by atoms with E-state index in [0.29, 0.717) is 47.6 Å². The Kier molecular flexibility index (Phi) is 25.6. The number of rotatable bonds is 37. The zero-order valence-electron chi connectivity index (χ0n) is 49.3. The van der Waals surface area contributed by atoms with Crippen LogP contribution in [0.2, 0.25) is 12.1 Å². The van der Waals surface area contributed by atoms with Gasteiger partial charge in [-0.15, -0.1) is 45.3 Å². The Bertz CT molecular complexity index is 2870. The van der Waals surface area contributed by atoms with Gasteiger partial charge in [0.15, 0.2) is 11.6 Å². The van der Waals surface area contributed by atoms with E-state index in [4.69, 9.17) is 23.6 Å². The molecule has 440 valence electrons. The number of aromatic nitrogens is 2. The number of unbranched alkanes of at least 4 members (excludes halogenated alkanes) is 14. The average Bonchev–Trinajstić information content (AvgIpc) is 4.46. The fourth-order valence-corrected chi connectivity index (χ4v) is 24.7. The average molecular weight is 1190 g/mol. The summed E-state index contributed by atoms with van der Waals surface area (Å²) in [5.74, 6) is -0.811. The largest absolute Gasteiger partial charge is 0.508 e. The minimum Gasteiger partial charge on any atom is -0.434 e. The molecule has 16 heteroatoms. The fourth-order valence-electron chi connectivity index (χ4n) is 11.8. The summed E-state index contributed by atoms with van der Waals surface area (Å²) >= 11 is 6.49. The molecule has 2 unspecified atom stereocenters. The van der Waals surface area contributed by atoms with Gasteiger partial charge in [0, 0.05) is 51.9 Å². The van der Waals surface area contributed by atoms with Crippen LogP contribution in [0.15, 0.2) is 28.9 Å². The summed E-state index contributed by atoms with van der Waals surface area (Å²) in [4.78, 5) is 33.4. The minimum atomic E-state index is -2.31. The van der Waals surface area contributed by atoms with Crippen molar-refractivity contribution in [1.82, 2.24) is 10.3 Å². The number of hydrogen-bond acceptors (Lipinski definition) is 13. The van der Waals surface area contributed by atoms with E-state index in [-0.39, 0.29) is 35.4 Å². The maximum atomic E-state index is 17.3. The van der Waals surface area contributed by atoms with Crippen LogP contribution >= 0.6 is 45.3 Å². The molecule has 1 aliphatic rings. The lowest BCUT2D eigenvalue weighted by molar-refractivity contribution is 0.0539. The van der Waals surface area contributed by atoms with E-state index < -0.39 is 32.0 Å². The van der Waals surface area contributed by atoms with Crippen molar-refractivity contribution in [2.45, 2.75) is 222 Å². The molecule has 0 radical (unpaired) electrons. The smallest absolute Gasteiger partial charge is 0.434 e. The van der Waals surface area contributed by atoms with Gasteiger partial charge in [-0.05, 0) is 107 Å². The standard InChI is InChI=1S/C64H90F2N2O7S4Si/c1-9-15-19-21-23-25-27-33-71-63(69)73-35-31-47-38-49(77-44(47)8)54-56(65)57(66)55(59-58(54)67-75-68-59)50-39-48(32-36-74-64(70)72-34-28-26-24-22-20-16-10-2)60(78-50)51-40-53-62(79-51)61-52(37-43(7)76-61)80(53,41-45(13-5)29-17-11-3)42-46(14-6)30-18-12-4/h37-40,45-46H,9-36,41-42H2,1-8H3. The van der Waals surface area contributed by atoms with Gasteiger partial charge in [-0.2, -0.15) is 0 Å². The Balaban J connectivity index is 1.20. The summed E-state index contributed by atoms with van der Waals surface area (Å²) in [7, 11) is -2.31. The molecule has 1 aromatic carbocycles. The van der Waals surface area contributed by atoms with E-state index in [0.717, 1.165) is 77.1 Å². The maximum absolute atomic E-state index is 17.3. The highest BCUT2D eigenvalue weighted by Gasteiger charge is 2.50. The van der Waals surface area contributed by atoms with Crippen LogP contribution in [0, 0.1) is 37.3 Å². The van der Waals surface area contributed by atoms with Gasteiger partial charge in [-0.3, -0.25) is 0 Å². The number of carbonyl (C=O) groups is 2. The SMILES string of the molecule is CCCCCCCCCOC(=O)OCCc1cc(-c2c(F)c(F)c(-c3cc(CCOC(=O)OCCCCCCCCC)c(-c4cc5c(s4)-c4sc(C)cc4[Si]5(CC(CC)CCCC)CC(CC)CCCC)s3)c3nonc23)sc1C. The summed E-state index contributed by atoms with van der Waals surface area (Å²) in [5, 5.41) is 11.6. The Hall–Kier alpha value is -3.96. The zero-order chi connectivity index (χ0) is 57.0. The van der Waals surface area contributed by atoms with E-state index in [9.17, 15) is 9.59 Å². The Labute approximate surface area is 493 Å². The molecule has 7 rings (SSSR count). The Morgan fingerprint density at radius 1 is 0.512 bits per heavy atom. The molecule has 80 heavy (non-hydrogen) atoms. The zero-order valence-corrected chi connectivity index (χ0v) is 53.6. The van der Waals surface area contributed by atoms with E-state index in [1.165, 1.54) is 144 Å². The minimum absolute atomic E-state index is 0.0145. The fraction of sp³-hybridized carbons (Fsp3) is 0.625. The summed E-state index contributed by atoms with van der Waals surface area (Å²) < 4.78 is 61.7. The van der Waals surface area contributed by atoms with E-state index in [1.807, 2.05) is 35.7 Å². The van der Waals surface area contributed by atoms with E-state index >= 15 is 8.78 Å². The van der Waals surface area contributed by atoms with Crippen molar-refractivity contribution in [3.8, 4) is 40.4 Å². The van der Waals surface area contributed by atoms with Crippen molar-refractivity contribution < 1.29 is 41.9 Å². The first kappa shape index (κ1) is 63.6. The third-order valence-electron chi connectivity index (χ3n) is 16.4. The Morgan fingerprint density at radius 2 is 0.950 bits per heavy atom. The number of benzene rings is 1. The molecule has 0 fully saturated rings. The van der Waals surface area contributed by atoms with Gasteiger partial charge in [0.1, 0.15) is 19.1 Å². The van der Waals surface area contributed by atoms with Gasteiger partial charge in [-0.25, -0.2) is 23.0 Å². The Morgan fingerprint density at radius 3 is 1.48 bits per heavy atom. The molecular weight excluding hydrogens is 1100 g/mol. The molecule has 0 N–H and O–H groups in total. The van der Waals surface area contributed by atoms with Gasteiger partial charge < -0.3 is 18.9 Å². The van der Waals surface area contributed by atoms with Crippen LogP contribution in [0.3, 0.4) is 0 Å². The molecule has 1 aliphatic heterocycles. The predicted octanol–water partition coefficient (Wildman–Crippen LogP) is 20.2. The van der Waals surface area contributed by atoms with Gasteiger partial charge in [0.25, 0.3) is 0 Å². The number of hydrogen-bond donors (Lipinski definition) is 0. The van der Waals surface area contributed by atoms with Crippen molar-refractivity contribution in [3.63, 3.8) is 0 Å². The number of fused-ring (bicyclic) bond motifs is 4. The maximum Gasteiger partial charge on any atom is 0.508 e. The number of halogens is 2. The monoisotopic (exact) mass is 1190 g/mol. The highest BCUT2D eigenvalue weighted by Crippen LogP contribution is 2.51. The molecular formula is C64H90F2N2O7S4Si. The van der Waals surface area contributed by atoms with Gasteiger partial charge >= 0.3 is 12.3 Å². The summed E-state index contributed by atoms with van der Waals surface area (Å²) in [6.45, 7) is 18.7. The molecule has 6 heterocycles. The van der Waals surface area contributed by atoms with Crippen LogP contribution < -0.4 is 10.4 Å². The first-order valence-electron chi connectivity index (χ1n) is 30.6. The van der Waals surface area contributed by atoms with Crippen LogP contribution in [0.1, 0.15) is 204 Å². The van der Waals surface area contributed by atoms with Gasteiger partial charge in [-0.1, -0.05) is 170 Å². The highest BCUT2D eigenvalue weighted by atomic mass is 32.1. The molecule has 6 aromatic rings. The van der Waals surface area contributed by atoms with Gasteiger partial charge in [0.05, 0.1) is 37.6 Å². The number of aryl methyl sites for hydroxylation is 2. The third kappa shape index (κ3) is 16.2. The lowest BCUT2D eigenvalue weighted by atomic mass is 10.0. The number of ether oxygens (including phenoxy) is 4. The predicted molar refractivity (Wildman–Crippen MR) is 334 cm³/mol. The first-order valence-corrected chi connectivity index (χ1v) is 36.3. The summed E-state index contributed by atoms with van der Waals surface area (Å²) in [6.07, 6.45) is 24.6. The number of thiophene rings is 4. The van der Waals surface area contributed by atoms with Crippen molar-refractivity contribution in [2.75, 3.05) is 26.4 Å².